The molecule has 1 aromatic carbocycles. The van der Waals surface area contributed by atoms with Crippen molar-refractivity contribution in [1.29, 1.82) is 0 Å². The summed E-state index contributed by atoms with van der Waals surface area (Å²) in [6.07, 6.45) is 3.22. The topological polar surface area (TPSA) is 70.7 Å². The Morgan fingerprint density at radius 2 is 1.68 bits per heavy atom. The third-order valence-electron chi connectivity index (χ3n) is 5.02. The molecule has 2 aliphatic heterocycles. The van der Waals surface area contributed by atoms with Crippen molar-refractivity contribution in [3.63, 3.8) is 0 Å². The van der Waals surface area contributed by atoms with E-state index in [1.54, 1.807) is 0 Å². The van der Waals surface area contributed by atoms with Gasteiger partial charge in [0.05, 0.1) is 0 Å². The van der Waals surface area contributed by atoms with Crippen LogP contribution >= 0.6 is 0 Å². The number of nitrogens with one attached hydrogen (secondary N) is 2. The fraction of sp³-hybridized carbons (Fsp3) is 0.579. The van der Waals surface area contributed by atoms with Crippen molar-refractivity contribution in [3.05, 3.63) is 29.8 Å². The minimum Gasteiger partial charge on any atom is -0.381 e. The lowest BCUT2D eigenvalue weighted by molar-refractivity contribution is -0.128. The molecule has 2 saturated heterocycles. The Balaban J connectivity index is 1.42. The zero-order chi connectivity index (χ0) is 17.6. The average molecular weight is 345 g/mol. The van der Waals surface area contributed by atoms with Crippen LogP contribution in [0.2, 0.25) is 0 Å². The van der Waals surface area contributed by atoms with Crippen LogP contribution in [0.1, 0.15) is 31.2 Å². The number of anilines is 1. The predicted molar refractivity (Wildman–Crippen MR) is 96.5 cm³/mol. The minimum absolute atomic E-state index is 0.0712. The molecule has 25 heavy (non-hydrogen) atoms. The van der Waals surface area contributed by atoms with Gasteiger partial charge in [-0.15, -0.1) is 0 Å². The van der Waals surface area contributed by atoms with Gasteiger partial charge in [0.2, 0.25) is 5.91 Å². The molecule has 2 fully saturated rings. The molecule has 2 heterocycles. The highest BCUT2D eigenvalue weighted by atomic mass is 16.5. The number of aryl methyl sites for hydroxylation is 1. The van der Waals surface area contributed by atoms with Crippen LogP contribution in [-0.4, -0.2) is 49.2 Å². The molecule has 2 N–H and O–H groups in total. The molecule has 6 nitrogen and oxygen atoms in total. The highest BCUT2D eigenvalue weighted by Crippen LogP contribution is 2.18. The lowest BCUT2D eigenvalue weighted by Crippen LogP contribution is -2.49. The highest BCUT2D eigenvalue weighted by molar-refractivity contribution is 5.89. The number of carbonyl (C=O) groups excluding carboxylic acids is 2. The van der Waals surface area contributed by atoms with Gasteiger partial charge in [0.1, 0.15) is 0 Å². The second kappa shape index (κ2) is 8.34. The first-order valence-corrected chi connectivity index (χ1v) is 9.12. The zero-order valence-corrected chi connectivity index (χ0v) is 14.8. The van der Waals surface area contributed by atoms with Gasteiger partial charge in [-0.1, -0.05) is 17.7 Å². The lowest BCUT2D eigenvalue weighted by atomic mass is 9.97. The third kappa shape index (κ3) is 4.95. The van der Waals surface area contributed by atoms with E-state index in [0.717, 1.165) is 31.4 Å². The van der Waals surface area contributed by atoms with Gasteiger partial charge in [-0.05, 0) is 44.7 Å². The first-order valence-electron chi connectivity index (χ1n) is 9.12. The van der Waals surface area contributed by atoms with Crippen LogP contribution in [0.4, 0.5) is 10.5 Å². The molecule has 0 atom stereocenters. The first-order chi connectivity index (χ1) is 12.1. The Labute approximate surface area is 148 Å². The Morgan fingerprint density at radius 3 is 2.32 bits per heavy atom. The second-order valence-electron chi connectivity index (χ2n) is 6.95. The maximum atomic E-state index is 12.3. The number of ether oxygens (including phenoxy) is 1. The van der Waals surface area contributed by atoms with Crippen LogP contribution < -0.4 is 10.6 Å². The van der Waals surface area contributed by atoms with E-state index in [1.165, 1.54) is 5.56 Å². The van der Waals surface area contributed by atoms with Gasteiger partial charge >= 0.3 is 6.03 Å². The molecule has 3 rings (SSSR count). The largest absolute Gasteiger partial charge is 0.381 e. The molecule has 0 radical (unpaired) electrons. The number of piperidine rings is 1. The number of hydrogen-bond donors (Lipinski definition) is 2. The SMILES string of the molecule is Cc1ccc(NC(=O)N2CCC(NC(=O)C3CCOCC3)CC2)cc1. The Morgan fingerprint density at radius 1 is 1.04 bits per heavy atom. The summed E-state index contributed by atoms with van der Waals surface area (Å²) >= 11 is 0. The molecule has 0 unspecified atom stereocenters. The molecule has 0 saturated carbocycles. The molecule has 0 aromatic heterocycles. The molecular formula is C19H27N3O3. The molecular weight excluding hydrogens is 318 g/mol. The van der Waals surface area contributed by atoms with Crippen molar-refractivity contribution in [2.45, 2.75) is 38.6 Å². The van der Waals surface area contributed by atoms with Gasteiger partial charge in [0.25, 0.3) is 0 Å². The van der Waals surface area contributed by atoms with E-state index < -0.39 is 0 Å². The molecule has 0 bridgehead atoms. The zero-order valence-electron chi connectivity index (χ0n) is 14.8. The Kier molecular flexibility index (Phi) is 5.91. The van der Waals surface area contributed by atoms with E-state index in [0.29, 0.717) is 26.3 Å². The Hall–Kier alpha value is -2.08. The fourth-order valence-corrected chi connectivity index (χ4v) is 3.35. The standard InChI is InChI=1S/C19H27N3O3/c1-14-2-4-16(5-3-14)21-19(24)22-10-6-17(7-11-22)20-18(23)15-8-12-25-13-9-15/h2-5,15,17H,6-13H2,1H3,(H,20,23)(H,21,24). The van der Waals surface area contributed by atoms with Crippen molar-refractivity contribution >= 4 is 17.6 Å². The number of amides is 3. The number of benzene rings is 1. The van der Waals surface area contributed by atoms with Gasteiger partial charge in [-0.25, -0.2) is 4.79 Å². The number of carbonyl (C=O) groups is 2. The summed E-state index contributed by atoms with van der Waals surface area (Å²) in [6, 6.07) is 7.88. The summed E-state index contributed by atoms with van der Waals surface area (Å²) in [4.78, 5) is 26.4. The van der Waals surface area contributed by atoms with Gasteiger partial charge in [-0.3, -0.25) is 4.79 Å². The van der Waals surface area contributed by atoms with E-state index in [1.807, 2.05) is 36.1 Å². The molecule has 0 aliphatic carbocycles. The number of likely N-dealkylation sites (tertiary alicyclic amines) is 1. The van der Waals surface area contributed by atoms with E-state index in [9.17, 15) is 9.59 Å². The summed E-state index contributed by atoms with van der Waals surface area (Å²) in [5.41, 5.74) is 1.98. The molecule has 6 heteroatoms. The summed E-state index contributed by atoms with van der Waals surface area (Å²) < 4.78 is 5.30. The summed E-state index contributed by atoms with van der Waals surface area (Å²) in [5.74, 6) is 0.225. The van der Waals surface area contributed by atoms with Crippen LogP contribution in [0.25, 0.3) is 0 Å². The molecule has 0 spiro atoms. The normalized spacial score (nSPS) is 19.5. The molecule has 3 amide bonds. The van der Waals surface area contributed by atoms with Crippen molar-refractivity contribution in [2.24, 2.45) is 5.92 Å². The molecule has 2 aliphatic rings. The molecule has 1 aromatic rings. The Bertz CT molecular complexity index is 588. The predicted octanol–water partition coefficient (Wildman–Crippen LogP) is 2.53. The van der Waals surface area contributed by atoms with Crippen LogP contribution in [-0.2, 0) is 9.53 Å². The van der Waals surface area contributed by atoms with E-state index in [4.69, 9.17) is 4.74 Å². The monoisotopic (exact) mass is 345 g/mol. The second-order valence-corrected chi connectivity index (χ2v) is 6.95. The van der Waals surface area contributed by atoms with Gasteiger partial charge in [0, 0.05) is 44.0 Å². The maximum absolute atomic E-state index is 12.3. The van der Waals surface area contributed by atoms with Crippen molar-refractivity contribution in [1.82, 2.24) is 10.2 Å². The van der Waals surface area contributed by atoms with E-state index in [2.05, 4.69) is 10.6 Å². The van der Waals surface area contributed by atoms with Crippen LogP contribution in [0.3, 0.4) is 0 Å². The fourth-order valence-electron chi connectivity index (χ4n) is 3.35. The van der Waals surface area contributed by atoms with Crippen molar-refractivity contribution in [2.75, 3.05) is 31.6 Å². The third-order valence-corrected chi connectivity index (χ3v) is 5.02. The van der Waals surface area contributed by atoms with E-state index >= 15 is 0 Å². The maximum Gasteiger partial charge on any atom is 0.321 e. The molecule has 136 valence electrons. The smallest absolute Gasteiger partial charge is 0.321 e. The number of hydrogen-bond acceptors (Lipinski definition) is 3. The summed E-state index contributed by atoms with van der Waals surface area (Å²) in [6.45, 7) is 4.70. The minimum atomic E-state index is -0.0712. The quantitative estimate of drug-likeness (QED) is 0.884. The van der Waals surface area contributed by atoms with Gasteiger partial charge in [-0.2, -0.15) is 0 Å². The number of urea groups is 1. The van der Waals surface area contributed by atoms with Gasteiger partial charge in [0.15, 0.2) is 0 Å². The summed E-state index contributed by atoms with van der Waals surface area (Å²) in [5, 5.41) is 6.08. The van der Waals surface area contributed by atoms with Crippen LogP contribution in [0.15, 0.2) is 24.3 Å². The van der Waals surface area contributed by atoms with Crippen LogP contribution in [0, 0.1) is 12.8 Å². The lowest BCUT2D eigenvalue weighted by Gasteiger charge is -2.33. The van der Waals surface area contributed by atoms with E-state index in [-0.39, 0.29) is 23.9 Å². The number of nitrogens with zero attached hydrogens (tertiary/aromatic N) is 1. The first kappa shape index (κ1) is 17.7. The van der Waals surface area contributed by atoms with Gasteiger partial charge < -0.3 is 20.3 Å². The van der Waals surface area contributed by atoms with Crippen molar-refractivity contribution in [3.8, 4) is 0 Å². The number of rotatable bonds is 3. The average Bonchev–Trinajstić information content (AvgIpc) is 2.65. The van der Waals surface area contributed by atoms with Crippen LogP contribution in [0.5, 0.6) is 0 Å². The summed E-state index contributed by atoms with van der Waals surface area (Å²) in [7, 11) is 0. The van der Waals surface area contributed by atoms with Crippen molar-refractivity contribution < 1.29 is 14.3 Å². The highest BCUT2D eigenvalue weighted by Gasteiger charge is 2.27.